The van der Waals surface area contributed by atoms with Crippen LogP contribution in [-0.2, 0) is 11.3 Å². The number of hydrogen-bond acceptors (Lipinski definition) is 2. The van der Waals surface area contributed by atoms with Crippen LogP contribution in [0.1, 0.15) is 0 Å². The third-order valence-corrected chi connectivity index (χ3v) is 2.69. The van der Waals surface area contributed by atoms with Crippen molar-refractivity contribution in [3.63, 3.8) is 0 Å². The van der Waals surface area contributed by atoms with Crippen molar-refractivity contribution in [2.75, 3.05) is 26.8 Å². The zero-order valence-electron chi connectivity index (χ0n) is 9.65. The van der Waals surface area contributed by atoms with E-state index in [0.717, 1.165) is 26.2 Å². The van der Waals surface area contributed by atoms with Crippen LogP contribution in [0.25, 0.3) is 10.9 Å². The van der Waals surface area contributed by atoms with Gasteiger partial charge in [-0.1, -0.05) is 18.2 Å². The van der Waals surface area contributed by atoms with Crippen molar-refractivity contribution >= 4 is 10.9 Å². The third-order valence-electron chi connectivity index (χ3n) is 2.69. The number of nitrogens with zero attached hydrogens (tertiary/aromatic N) is 1. The third kappa shape index (κ3) is 2.62. The van der Waals surface area contributed by atoms with E-state index in [1.165, 1.54) is 10.9 Å². The Bertz CT molecular complexity index is 436. The lowest BCUT2D eigenvalue weighted by Crippen LogP contribution is -2.23. The van der Waals surface area contributed by atoms with Crippen LogP contribution in [0.15, 0.2) is 36.5 Å². The molecule has 0 unspecified atom stereocenters. The molecule has 86 valence electrons. The molecule has 0 saturated carbocycles. The topological polar surface area (TPSA) is 26.2 Å². The van der Waals surface area contributed by atoms with Crippen molar-refractivity contribution in [3.05, 3.63) is 36.5 Å². The predicted molar refractivity (Wildman–Crippen MR) is 66.7 cm³/mol. The number of hydrogen-bond donors (Lipinski definition) is 1. The molecule has 1 aromatic carbocycles. The molecular weight excluding hydrogens is 200 g/mol. The molecule has 2 rings (SSSR count). The van der Waals surface area contributed by atoms with Crippen LogP contribution in [0.4, 0.5) is 0 Å². The van der Waals surface area contributed by atoms with Crippen LogP contribution in [0.3, 0.4) is 0 Å². The fourth-order valence-electron chi connectivity index (χ4n) is 1.83. The summed E-state index contributed by atoms with van der Waals surface area (Å²) in [4.78, 5) is 0. The fourth-order valence-corrected chi connectivity index (χ4v) is 1.83. The summed E-state index contributed by atoms with van der Waals surface area (Å²) in [6.07, 6.45) is 2.14. The highest BCUT2D eigenvalue weighted by atomic mass is 16.5. The van der Waals surface area contributed by atoms with Gasteiger partial charge in [-0.25, -0.2) is 0 Å². The van der Waals surface area contributed by atoms with E-state index in [4.69, 9.17) is 4.74 Å². The molecule has 0 fully saturated rings. The van der Waals surface area contributed by atoms with Gasteiger partial charge in [0.25, 0.3) is 0 Å². The van der Waals surface area contributed by atoms with Gasteiger partial charge in [-0.3, -0.25) is 0 Å². The fraction of sp³-hybridized carbons (Fsp3) is 0.385. The van der Waals surface area contributed by atoms with Crippen LogP contribution < -0.4 is 5.32 Å². The minimum absolute atomic E-state index is 0.770. The summed E-state index contributed by atoms with van der Waals surface area (Å²) in [5, 5.41) is 4.65. The molecule has 3 nitrogen and oxygen atoms in total. The Morgan fingerprint density at radius 2 is 2.06 bits per heavy atom. The van der Waals surface area contributed by atoms with E-state index in [2.05, 4.69) is 46.4 Å². The van der Waals surface area contributed by atoms with E-state index in [-0.39, 0.29) is 0 Å². The second kappa shape index (κ2) is 5.68. The van der Waals surface area contributed by atoms with Gasteiger partial charge in [0.05, 0.1) is 6.61 Å². The SMILES string of the molecule is COCCNCCn1ccc2ccccc21. The number of methoxy groups -OCH3 is 1. The zero-order valence-corrected chi connectivity index (χ0v) is 9.65. The number of rotatable bonds is 6. The van der Waals surface area contributed by atoms with Crippen LogP contribution in [0.2, 0.25) is 0 Å². The van der Waals surface area contributed by atoms with Crippen molar-refractivity contribution in [3.8, 4) is 0 Å². The lowest BCUT2D eigenvalue weighted by atomic mass is 10.2. The van der Waals surface area contributed by atoms with E-state index < -0.39 is 0 Å². The summed E-state index contributed by atoms with van der Waals surface area (Å²) in [6, 6.07) is 10.6. The van der Waals surface area contributed by atoms with Crippen molar-refractivity contribution in [1.82, 2.24) is 9.88 Å². The van der Waals surface area contributed by atoms with Gasteiger partial charge < -0.3 is 14.6 Å². The Morgan fingerprint density at radius 1 is 1.19 bits per heavy atom. The number of para-hydroxylation sites is 1. The number of ether oxygens (including phenoxy) is 1. The number of nitrogens with one attached hydrogen (secondary N) is 1. The normalized spacial score (nSPS) is 11.1. The van der Waals surface area contributed by atoms with Crippen molar-refractivity contribution in [2.24, 2.45) is 0 Å². The van der Waals surface area contributed by atoms with Gasteiger partial charge in [0, 0.05) is 38.5 Å². The molecule has 1 aromatic heterocycles. The number of benzene rings is 1. The highest BCUT2D eigenvalue weighted by molar-refractivity contribution is 5.79. The molecule has 0 aliphatic heterocycles. The van der Waals surface area contributed by atoms with Gasteiger partial charge in [-0.2, -0.15) is 0 Å². The average Bonchev–Trinajstić information content (AvgIpc) is 2.73. The first-order valence-electron chi connectivity index (χ1n) is 5.65. The second-order valence-corrected chi connectivity index (χ2v) is 3.81. The minimum Gasteiger partial charge on any atom is -0.383 e. The molecule has 0 spiro atoms. The van der Waals surface area contributed by atoms with Crippen molar-refractivity contribution in [2.45, 2.75) is 6.54 Å². The summed E-state index contributed by atoms with van der Waals surface area (Å²) in [5.74, 6) is 0. The average molecular weight is 218 g/mol. The van der Waals surface area contributed by atoms with Gasteiger partial charge in [-0.15, -0.1) is 0 Å². The molecule has 0 saturated heterocycles. The maximum atomic E-state index is 4.98. The Labute approximate surface area is 96.0 Å². The van der Waals surface area contributed by atoms with Crippen molar-refractivity contribution < 1.29 is 4.74 Å². The molecule has 0 aliphatic rings. The maximum absolute atomic E-state index is 4.98. The summed E-state index contributed by atoms with van der Waals surface area (Å²) < 4.78 is 7.25. The molecule has 1 heterocycles. The summed E-state index contributed by atoms with van der Waals surface area (Å²) in [7, 11) is 1.72. The van der Waals surface area contributed by atoms with E-state index in [0.29, 0.717) is 0 Å². The summed E-state index contributed by atoms with van der Waals surface area (Å²) in [6.45, 7) is 3.65. The molecular formula is C13H18N2O. The zero-order chi connectivity index (χ0) is 11.2. The standard InChI is InChI=1S/C13H18N2O/c1-16-11-8-14-7-10-15-9-6-12-4-2-3-5-13(12)15/h2-6,9,14H,7-8,10-11H2,1H3. The monoisotopic (exact) mass is 218 g/mol. The van der Waals surface area contributed by atoms with Gasteiger partial charge in [0.2, 0.25) is 0 Å². The van der Waals surface area contributed by atoms with E-state index in [1.807, 2.05) is 0 Å². The quantitative estimate of drug-likeness (QED) is 0.749. The lowest BCUT2D eigenvalue weighted by Gasteiger charge is -2.06. The smallest absolute Gasteiger partial charge is 0.0587 e. The number of fused-ring (bicyclic) bond motifs is 1. The molecule has 2 aromatic rings. The first kappa shape index (κ1) is 11.2. The minimum atomic E-state index is 0.770. The van der Waals surface area contributed by atoms with Crippen LogP contribution in [0, 0.1) is 0 Å². The van der Waals surface area contributed by atoms with Gasteiger partial charge in [-0.05, 0) is 17.5 Å². The van der Waals surface area contributed by atoms with E-state index >= 15 is 0 Å². The van der Waals surface area contributed by atoms with Crippen LogP contribution in [0.5, 0.6) is 0 Å². The molecule has 0 bridgehead atoms. The predicted octanol–water partition coefficient (Wildman–Crippen LogP) is 1.88. The van der Waals surface area contributed by atoms with Gasteiger partial charge in [0.15, 0.2) is 0 Å². The Morgan fingerprint density at radius 3 is 2.94 bits per heavy atom. The Kier molecular flexibility index (Phi) is 3.97. The summed E-state index contributed by atoms with van der Waals surface area (Å²) in [5.41, 5.74) is 1.30. The van der Waals surface area contributed by atoms with Gasteiger partial charge in [0.1, 0.15) is 0 Å². The van der Waals surface area contributed by atoms with Gasteiger partial charge >= 0.3 is 0 Å². The maximum Gasteiger partial charge on any atom is 0.0587 e. The first-order chi connectivity index (χ1) is 7.92. The second-order valence-electron chi connectivity index (χ2n) is 3.81. The molecule has 0 amide bonds. The lowest BCUT2D eigenvalue weighted by molar-refractivity contribution is 0.199. The molecule has 0 radical (unpaired) electrons. The van der Waals surface area contributed by atoms with Crippen molar-refractivity contribution in [1.29, 1.82) is 0 Å². The Hall–Kier alpha value is -1.32. The number of aromatic nitrogens is 1. The highest BCUT2D eigenvalue weighted by Gasteiger charge is 1.98. The molecule has 0 aliphatic carbocycles. The molecule has 16 heavy (non-hydrogen) atoms. The van der Waals surface area contributed by atoms with E-state index in [1.54, 1.807) is 7.11 Å². The molecule has 0 atom stereocenters. The van der Waals surface area contributed by atoms with E-state index in [9.17, 15) is 0 Å². The highest BCUT2D eigenvalue weighted by Crippen LogP contribution is 2.14. The molecule has 1 N–H and O–H groups in total. The first-order valence-corrected chi connectivity index (χ1v) is 5.65. The largest absolute Gasteiger partial charge is 0.383 e. The Balaban J connectivity index is 1.89. The van der Waals surface area contributed by atoms with Crippen LogP contribution >= 0.6 is 0 Å². The van der Waals surface area contributed by atoms with Crippen LogP contribution in [-0.4, -0.2) is 31.4 Å². The molecule has 3 heteroatoms. The summed E-state index contributed by atoms with van der Waals surface area (Å²) >= 11 is 0.